The molecule has 152 valence electrons. The fraction of sp³-hybridized carbons (Fsp3) is 0.286. The zero-order chi connectivity index (χ0) is 21.0. The number of nitrogens with one attached hydrogen (secondary N) is 1. The number of anilines is 2. The minimum atomic E-state index is -1.05. The van der Waals surface area contributed by atoms with E-state index in [0.29, 0.717) is 11.4 Å². The number of methoxy groups -OCH3 is 1. The Morgan fingerprint density at radius 3 is 2.52 bits per heavy atom. The second kappa shape index (κ2) is 8.72. The summed E-state index contributed by atoms with van der Waals surface area (Å²) in [5.41, 5.74) is 0.651. The fourth-order valence-corrected chi connectivity index (χ4v) is 3.01. The number of nitrogens with zero attached hydrogens (tertiary/aromatic N) is 1. The summed E-state index contributed by atoms with van der Waals surface area (Å²) < 4.78 is 24.2. The average Bonchev–Trinajstić information content (AvgIpc) is 3.10. The monoisotopic (exact) mass is 400 g/mol. The van der Waals surface area contributed by atoms with E-state index in [4.69, 9.17) is 9.47 Å². The fourth-order valence-electron chi connectivity index (χ4n) is 3.01. The molecule has 0 spiro atoms. The largest absolute Gasteiger partial charge is 0.497 e. The van der Waals surface area contributed by atoms with E-state index in [1.54, 1.807) is 30.3 Å². The van der Waals surface area contributed by atoms with Crippen molar-refractivity contribution < 1.29 is 28.2 Å². The van der Waals surface area contributed by atoms with Gasteiger partial charge in [0, 0.05) is 18.7 Å². The first-order valence-corrected chi connectivity index (χ1v) is 9.09. The molecule has 29 heavy (non-hydrogen) atoms. The number of ether oxygens (including phenoxy) is 2. The highest BCUT2D eigenvalue weighted by molar-refractivity contribution is 6.00. The van der Waals surface area contributed by atoms with E-state index in [0.717, 1.165) is 0 Å². The number of amides is 2. The van der Waals surface area contributed by atoms with Crippen molar-refractivity contribution in [3.05, 3.63) is 54.3 Å². The first-order valence-electron chi connectivity index (χ1n) is 9.09. The molecule has 0 bridgehead atoms. The van der Waals surface area contributed by atoms with E-state index in [-0.39, 0.29) is 24.6 Å². The number of carbonyl (C=O) groups is 3. The molecule has 2 aromatic rings. The zero-order valence-electron chi connectivity index (χ0n) is 16.1. The second-order valence-corrected chi connectivity index (χ2v) is 6.65. The van der Waals surface area contributed by atoms with Crippen LogP contribution in [0.25, 0.3) is 0 Å². The van der Waals surface area contributed by atoms with Gasteiger partial charge >= 0.3 is 5.97 Å². The summed E-state index contributed by atoms with van der Waals surface area (Å²) in [6.45, 7) is 1.45. The van der Waals surface area contributed by atoms with Crippen LogP contribution < -0.4 is 15.0 Å². The van der Waals surface area contributed by atoms with E-state index in [9.17, 15) is 18.8 Å². The highest BCUT2D eigenvalue weighted by atomic mass is 19.1. The minimum absolute atomic E-state index is 0.00538. The SMILES string of the molecule is COc1ccc(NC(=O)[C@H](C)OC(=O)[C@H]2CC(=O)N(c3ccccc3F)C2)cc1. The van der Waals surface area contributed by atoms with Gasteiger partial charge in [-0.15, -0.1) is 0 Å². The number of hydrogen-bond donors (Lipinski definition) is 1. The molecule has 1 aliphatic rings. The highest BCUT2D eigenvalue weighted by Gasteiger charge is 2.38. The van der Waals surface area contributed by atoms with Crippen LogP contribution in [-0.2, 0) is 19.1 Å². The quantitative estimate of drug-likeness (QED) is 0.754. The molecule has 0 radical (unpaired) electrons. The minimum Gasteiger partial charge on any atom is -0.497 e. The van der Waals surface area contributed by atoms with Gasteiger partial charge in [0.25, 0.3) is 5.91 Å². The molecule has 1 aliphatic heterocycles. The van der Waals surface area contributed by atoms with Crippen LogP contribution in [0.2, 0.25) is 0 Å². The van der Waals surface area contributed by atoms with Gasteiger partial charge in [-0.2, -0.15) is 0 Å². The molecule has 1 heterocycles. The number of carbonyl (C=O) groups excluding carboxylic acids is 3. The maximum atomic E-state index is 13.9. The van der Waals surface area contributed by atoms with E-state index < -0.39 is 29.7 Å². The summed E-state index contributed by atoms with van der Waals surface area (Å²) in [5, 5.41) is 2.64. The van der Waals surface area contributed by atoms with Crippen LogP contribution in [0.15, 0.2) is 48.5 Å². The summed E-state index contributed by atoms with van der Waals surface area (Å²) >= 11 is 0. The predicted molar refractivity (Wildman–Crippen MR) is 104 cm³/mol. The lowest BCUT2D eigenvalue weighted by Gasteiger charge is -2.18. The van der Waals surface area contributed by atoms with Gasteiger partial charge in [-0.05, 0) is 43.3 Å². The lowest BCUT2D eigenvalue weighted by Crippen LogP contribution is -2.33. The molecule has 2 atom stereocenters. The second-order valence-electron chi connectivity index (χ2n) is 6.65. The molecular weight excluding hydrogens is 379 g/mol. The van der Waals surface area contributed by atoms with Crippen molar-refractivity contribution in [2.75, 3.05) is 23.9 Å². The Labute approximate surface area is 167 Å². The lowest BCUT2D eigenvalue weighted by atomic mass is 10.1. The van der Waals surface area contributed by atoms with Gasteiger partial charge in [0.2, 0.25) is 5.91 Å². The van der Waals surface area contributed by atoms with Gasteiger partial charge < -0.3 is 19.7 Å². The number of para-hydroxylation sites is 1. The van der Waals surface area contributed by atoms with Crippen molar-refractivity contribution in [3.8, 4) is 5.75 Å². The topological polar surface area (TPSA) is 84.9 Å². The van der Waals surface area contributed by atoms with Gasteiger partial charge in [0.15, 0.2) is 6.10 Å². The molecule has 7 nitrogen and oxygen atoms in total. The van der Waals surface area contributed by atoms with Gasteiger partial charge in [0.1, 0.15) is 11.6 Å². The van der Waals surface area contributed by atoms with Crippen LogP contribution >= 0.6 is 0 Å². The summed E-state index contributed by atoms with van der Waals surface area (Å²) in [5.74, 6) is -2.20. The normalized spacial score (nSPS) is 17.0. The summed E-state index contributed by atoms with van der Waals surface area (Å²) in [6, 6.07) is 12.6. The molecule has 1 N–H and O–H groups in total. The average molecular weight is 400 g/mol. The van der Waals surface area contributed by atoms with Gasteiger partial charge in [-0.1, -0.05) is 12.1 Å². The Morgan fingerprint density at radius 2 is 1.86 bits per heavy atom. The van der Waals surface area contributed by atoms with Gasteiger partial charge in [0.05, 0.1) is 18.7 Å². The molecule has 2 amide bonds. The van der Waals surface area contributed by atoms with Crippen LogP contribution in [0.4, 0.5) is 15.8 Å². The maximum Gasteiger partial charge on any atom is 0.312 e. The number of halogens is 1. The van der Waals surface area contributed by atoms with Crippen molar-refractivity contribution in [1.82, 2.24) is 0 Å². The number of rotatable bonds is 6. The molecule has 0 aromatic heterocycles. The molecule has 3 rings (SSSR count). The van der Waals surface area contributed by atoms with Gasteiger partial charge in [-0.3, -0.25) is 14.4 Å². The van der Waals surface area contributed by atoms with Crippen LogP contribution in [0.3, 0.4) is 0 Å². The lowest BCUT2D eigenvalue weighted by molar-refractivity contribution is -0.157. The van der Waals surface area contributed by atoms with Crippen molar-refractivity contribution in [2.24, 2.45) is 5.92 Å². The van der Waals surface area contributed by atoms with Crippen molar-refractivity contribution in [3.63, 3.8) is 0 Å². The molecular formula is C21H21FN2O5. The number of hydrogen-bond acceptors (Lipinski definition) is 5. The third-order valence-corrected chi connectivity index (χ3v) is 4.62. The standard InChI is InChI=1S/C21H21FN2O5/c1-13(20(26)23-15-7-9-16(28-2)10-8-15)29-21(27)14-11-19(25)24(12-14)18-6-4-3-5-17(18)22/h3-10,13-14H,11-12H2,1-2H3,(H,23,26)/t13-,14-/m0/s1. The smallest absolute Gasteiger partial charge is 0.312 e. The van der Waals surface area contributed by atoms with Crippen LogP contribution in [0.1, 0.15) is 13.3 Å². The number of benzene rings is 2. The number of esters is 1. The maximum absolute atomic E-state index is 13.9. The summed E-state index contributed by atoms with van der Waals surface area (Å²) in [7, 11) is 1.54. The van der Waals surface area contributed by atoms with E-state index in [1.165, 1.54) is 37.1 Å². The summed E-state index contributed by atoms with van der Waals surface area (Å²) in [6.07, 6.45) is -1.15. The van der Waals surface area contributed by atoms with Crippen LogP contribution in [0.5, 0.6) is 5.75 Å². The Morgan fingerprint density at radius 1 is 1.17 bits per heavy atom. The highest BCUT2D eigenvalue weighted by Crippen LogP contribution is 2.28. The van der Waals surface area contributed by atoms with Crippen molar-refractivity contribution >= 4 is 29.2 Å². The third kappa shape index (κ3) is 4.71. The Hall–Kier alpha value is -3.42. The Bertz CT molecular complexity index is 916. The molecule has 0 unspecified atom stereocenters. The first-order chi connectivity index (χ1) is 13.9. The van der Waals surface area contributed by atoms with Crippen LogP contribution in [0, 0.1) is 11.7 Å². The Balaban J connectivity index is 1.57. The van der Waals surface area contributed by atoms with E-state index in [2.05, 4.69) is 5.32 Å². The van der Waals surface area contributed by atoms with Gasteiger partial charge in [-0.25, -0.2) is 4.39 Å². The summed E-state index contributed by atoms with van der Waals surface area (Å²) in [4.78, 5) is 38.1. The Kier molecular flexibility index (Phi) is 6.11. The van der Waals surface area contributed by atoms with E-state index >= 15 is 0 Å². The molecule has 2 aromatic carbocycles. The van der Waals surface area contributed by atoms with Crippen molar-refractivity contribution in [2.45, 2.75) is 19.4 Å². The molecule has 0 aliphatic carbocycles. The molecule has 8 heteroatoms. The zero-order valence-corrected chi connectivity index (χ0v) is 16.1. The molecule has 1 fully saturated rings. The first kappa shape index (κ1) is 20.3. The third-order valence-electron chi connectivity index (χ3n) is 4.62. The van der Waals surface area contributed by atoms with Crippen molar-refractivity contribution in [1.29, 1.82) is 0 Å². The molecule has 0 saturated carbocycles. The predicted octanol–water partition coefficient (Wildman–Crippen LogP) is 2.76. The molecule has 1 saturated heterocycles. The van der Waals surface area contributed by atoms with E-state index in [1.807, 2.05) is 0 Å². The van der Waals surface area contributed by atoms with Crippen LogP contribution in [-0.4, -0.2) is 37.5 Å².